The second-order valence-corrected chi connectivity index (χ2v) is 2.72. The van der Waals surface area contributed by atoms with Gasteiger partial charge in [0.1, 0.15) is 0 Å². The normalized spacial score (nSPS) is 25.1. The molecule has 0 radical (unpaired) electrons. The van der Waals surface area contributed by atoms with Crippen molar-refractivity contribution in [3.05, 3.63) is 0 Å². The summed E-state index contributed by atoms with van der Waals surface area (Å²) in [6.07, 6.45) is -3.41. The summed E-state index contributed by atoms with van der Waals surface area (Å²) < 4.78 is 37.7. The predicted octanol–water partition coefficient (Wildman–Crippen LogP) is -7.62. The van der Waals surface area contributed by atoms with Gasteiger partial charge < -0.3 is 10.0 Å². The van der Waals surface area contributed by atoms with Crippen molar-refractivity contribution in [3.63, 3.8) is 0 Å². The Morgan fingerprint density at radius 3 is 2.14 bits per heavy atom. The fourth-order valence-corrected chi connectivity index (χ4v) is 1.18. The average Bonchev–Trinajstić information content (AvgIpc) is 2.15. The van der Waals surface area contributed by atoms with Crippen molar-refractivity contribution >= 4 is 7.12 Å². The molecule has 1 unspecified atom stereocenters. The Balaban J connectivity index is 0. The van der Waals surface area contributed by atoms with Crippen LogP contribution in [0.1, 0.15) is 6.42 Å². The topological polar surface area (TPSA) is 49.4 Å². The Labute approximate surface area is 166 Å². The summed E-state index contributed by atoms with van der Waals surface area (Å²) in [5.74, 6) is 0. The molecule has 9 heteroatoms. The van der Waals surface area contributed by atoms with Crippen LogP contribution in [0.3, 0.4) is 0 Å². The van der Waals surface area contributed by atoms with Gasteiger partial charge in [0.05, 0.1) is 0 Å². The van der Waals surface area contributed by atoms with Crippen LogP contribution in [0.25, 0.3) is 0 Å². The van der Waals surface area contributed by atoms with Crippen LogP contribution in [-0.4, -0.2) is 37.2 Å². The van der Waals surface area contributed by atoms with Gasteiger partial charge in [0, 0.05) is 6.54 Å². The Bertz CT molecular complexity index is 177. The third-order valence-corrected chi connectivity index (χ3v) is 1.82. The Hall–Kier alpha value is 3.01. The molecule has 0 bridgehead atoms. The summed E-state index contributed by atoms with van der Waals surface area (Å²) in [6, 6.07) is -3.63. The summed E-state index contributed by atoms with van der Waals surface area (Å²) >= 11 is 0. The monoisotopic (exact) mass is 259 g/mol. The maximum Gasteiger partial charge on any atom is 1.00 e. The van der Waals surface area contributed by atoms with Crippen molar-refractivity contribution < 1.29 is 126 Å². The molecule has 1 heterocycles. The maximum atomic E-state index is 12.6. The van der Waals surface area contributed by atoms with Crippen LogP contribution >= 0.6 is 0 Å². The molecule has 0 N–H and O–H groups in total. The number of hydrogen-bond acceptors (Lipinski definition) is 3. The van der Waals surface area contributed by atoms with E-state index < -0.39 is 25.8 Å². The van der Waals surface area contributed by atoms with Crippen LogP contribution < -0.4 is 113 Å². The molecule has 0 amide bonds. The Morgan fingerprint density at radius 1 is 1.36 bits per heavy atom. The average molecular weight is 259 g/mol. The first-order valence-electron chi connectivity index (χ1n) is 3.53. The van der Waals surface area contributed by atoms with Gasteiger partial charge in [0.25, 0.3) is 0 Å². The van der Waals surface area contributed by atoms with Crippen LogP contribution in [0.4, 0.5) is 13.2 Å². The summed E-state index contributed by atoms with van der Waals surface area (Å²) in [5.41, 5.74) is 0. The summed E-state index contributed by atoms with van der Waals surface area (Å²) in [7, 11) is -2.35. The van der Waals surface area contributed by atoms with Gasteiger partial charge >= 0.3 is 109 Å². The van der Waals surface area contributed by atoms with Crippen molar-refractivity contribution in [2.24, 2.45) is 0 Å². The fraction of sp³-hybridized carbons (Fsp3) is 1.00. The molecular weight excluding hydrogens is 252 g/mol. The van der Waals surface area contributed by atoms with E-state index in [2.05, 4.69) is 0 Å². The number of likely N-dealkylation sites (tertiary alicyclic amines) is 1. The van der Waals surface area contributed by atoms with Crippen LogP contribution in [-0.2, 0) is 0 Å². The number of alkyl halides is 3. The first kappa shape index (κ1) is 19.3. The zero-order chi connectivity index (χ0) is 9.35. The molecule has 0 saturated carbocycles. The fourth-order valence-electron chi connectivity index (χ4n) is 1.18. The van der Waals surface area contributed by atoms with Gasteiger partial charge in [0.15, 0.2) is 6.17 Å². The minimum Gasteiger partial charge on any atom is -0.892 e. The van der Waals surface area contributed by atoms with E-state index in [1.54, 1.807) is 0 Å². The van der Waals surface area contributed by atoms with Crippen LogP contribution in [0.5, 0.6) is 0 Å². The molecule has 0 spiro atoms. The molecule has 0 aromatic carbocycles. The van der Waals surface area contributed by atoms with Gasteiger partial charge in [-0.3, -0.25) is 4.90 Å². The number of halogens is 3. The van der Waals surface area contributed by atoms with E-state index in [0.717, 1.165) is 0 Å². The molecule has 1 rings (SSSR count). The summed E-state index contributed by atoms with van der Waals surface area (Å²) in [6.45, 7) is -0.227. The molecule has 1 atom stereocenters. The van der Waals surface area contributed by atoms with Gasteiger partial charge in [0.2, 0.25) is 0 Å². The van der Waals surface area contributed by atoms with E-state index in [-0.39, 0.29) is 116 Å². The molecule has 1 saturated heterocycles. The van der Waals surface area contributed by atoms with Gasteiger partial charge in [-0.15, -0.1) is 0 Å². The Kier molecular flexibility index (Phi) is 11.3. The first-order valence-corrected chi connectivity index (χ1v) is 3.53. The SMILES string of the molecule is [K+].[K+].[O-]B([O-])CN1CCC(F)C1(F)F. The smallest absolute Gasteiger partial charge is 0.892 e. The van der Waals surface area contributed by atoms with E-state index in [4.69, 9.17) is 0 Å². The number of nitrogens with zero attached hydrogens (tertiary/aromatic N) is 1. The van der Waals surface area contributed by atoms with Gasteiger partial charge in [-0.2, -0.15) is 8.78 Å². The zero-order valence-corrected chi connectivity index (χ0v) is 14.4. The quantitative estimate of drug-likeness (QED) is 0.365. The van der Waals surface area contributed by atoms with Crippen molar-refractivity contribution in [1.29, 1.82) is 0 Å². The predicted molar refractivity (Wildman–Crippen MR) is 31.8 cm³/mol. The molecule has 1 aliphatic heterocycles. The first-order chi connectivity index (χ1) is 5.44. The molecule has 0 aromatic rings. The standard InChI is InChI=1S/C5H7BF3NO2.2K/c7-4-1-2-10(3-6(11)12)5(4,8)9;;/h4H,1-3H2;;/q-2;2*+1. The minimum absolute atomic E-state index is 0. The van der Waals surface area contributed by atoms with E-state index >= 15 is 0 Å². The van der Waals surface area contributed by atoms with Crippen LogP contribution in [0.2, 0.25) is 0 Å². The van der Waals surface area contributed by atoms with Gasteiger partial charge in [-0.25, -0.2) is 4.39 Å². The third kappa shape index (κ3) is 5.11. The molecule has 70 valence electrons. The maximum absolute atomic E-state index is 12.6. The summed E-state index contributed by atoms with van der Waals surface area (Å²) in [5, 5.41) is 20.0. The molecular formula is C5H7BF3K2NO2. The third-order valence-electron chi connectivity index (χ3n) is 1.82. The van der Waals surface area contributed by atoms with Crippen molar-refractivity contribution in [2.75, 3.05) is 13.0 Å². The van der Waals surface area contributed by atoms with Crippen molar-refractivity contribution in [3.8, 4) is 0 Å². The molecule has 0 aliphatic carbocycles. The second kappa shape index (κ2) is 8.17. The minimum atomic E-state index is -3.63. The van der Waals surface area contributed by atoms with E-state index in [1.807, 2.05) is 0 Å². The van der Waals surface area contributed by atoms with E-state index in [9.17, 15) is 23.2 Å². The van der Waals surface area contributed by atoms with Gasteiger partial charge in [-0.1, -0.05) is 13.6 Å². The molecule has 3 nitrogen and oxygen atoms in total. The molecule has 14 heavy (non-hydrogen) atoms. The van der Waals surface area contributed by atoms with E-state index in [1.165, 1.54) is 0 Å². The molecule has 1 fully saturated rings. The Morgan fingerprint density at radius 2 is 1.86 bits per heavy atom. The largest absolute Gasteiger partial charge is 1.00 e. The molecule has 1 aliphatic rings. The zero-order valence-electron chi connectivity index (χ0n) is 8.17. The summed E-state index contributed by atoms with van der Waals surface area (Å²) in [4.78, 5) is 0.308. The van der Waals surface area contributed by atoms with Crippen molar-refractivity contribution in [2.45, 2.75) is 18.6 Å². The molecule has 0 aromatic heterocycles. The van der Waals surface area contributed by atoms with Gasteiger partial charge in [-0.05, 0) is 6.42 Å². The number of rotatable bonds is 2. The van der Waals surface area contributed by atoms with Crippen molar-refractivity contribution in [1.82, 2.24) is 4.90 Å². The van der Waals surface area contributed by atoms with Crippen LogP contribution in [0.15, 0.2) is 0 Å². The van der Waals surface area contributed by atoms with Crippen LogP contribution in [0, 0.1) is 0 Å². The van der Waals surface area contributed by atoms with E-state index in [0.29, 0.717) is 4.90 Å². The number of hydrogen-bond donors (Lipinski definition) is 0. The second-order valence-electron chi connectivity index (χ2n) is 2.72.